The first-order valence-corrected chi connectivity index (χ1v) is 10.7. The van der Waals surface area contributed by atoms with E-state index in [1.165, 1.54) is 19.3 Å². The highest BCUT2D eigenvalue weighted by Gasteiger charge is 2.25. The van der Waals surface area contributed by atoms with Gasteiger partial charge in [-0.15, -0.1) is 0 Å². The van der Waals surface area contributed by atoms with Crippen molar-refractivity contribution in [2.45, 2.75) is 31.7 Å². The van der Waals surface area contributed by atoms with Crippen LogP contribution < -0.4 is 10.6 Å². The van der Waals surface area contributed by atoms with Crippen LogP contribution in [0.4, 0.5) is 0 Å². The summed E-state index contributed by atoms with van der Waals surface area (Å²) in [6.07, 6.45) is 6.51. The third-order valence-corrected chi connectivity index (χ3v) is 5.62. The molecule has 2 N–H and O–H groups in total. The van der Waals surface area contributed by atoms with Gasteiger partial charge in [0.1, 0.15) is 12.3 Å². The predicted octanol–water partition coefficient (Wildman–Crippen LogP) is 1.47. The van der Waals surface area contributed by atoms with E-state index in [0.717, 1.165) is 45.0 Å². The van der Waals surface area contributed by atoms with Gasteiger partial charge in [-0.3, -0.25) is 9.69 Å². The van der Waals surface area contributed by atoms with Gasteiger partial charge in [-0.05, 0) is 44.5 Å². The molecule has 2 unspecified atom stereocenters. The van der Waals surface area contributed by atoms with Gasteiger partial charge in [-0.1, -0.05) is 6.42 Å². The highest BCUT2D eigenvalue weighted by Crippen LogP contribution is 2.24. The van der Waals surface area contributed by atoms with Gasteiger partial charge in [-0.25, -0.2) is 4.99 Å². The average Bonchev–Trinajstić information content (AvgIpc) is 3.44. The molecule has 0 saturated carbocycles. The maximum atomic E-state index is 12.0. The number of nitrogens with one attached hydrogen (secondary N) is 2. The van der Waals surface area contributed by atoms with Gasteiger partial charge in [0.2, 0.25) is 5.91 Å². The van der Waals surface area contributed by atoms with Gasteiger partial charge in [0.15, 0.2) is 5.96 Å². The van der Waals surface area contributed by atoms with Crippen LogP contribution in [-0.4, -0.2) is 81.7 Å². The molecule has 2 fully saturated rings. The fourth-order valence-electron chi connectivity index (χ4n) is 3.76. The Bertz CT molecular complexity index is 635. The van der Waals surface area contributed by atoms with Crippen molar-refractivity contribution in [1.82, 2.24) is 20.4 Å². The van der Waals surface area contributed by atoms with Crippen molar-refractivity contribution in [3.8, 4) is 0 Å². The smallest absolute Gasteiger partial charge is 0.243 e. The van der Waals surface area contributed by atoms with E-state index in [1.54, 1.807) is 25.3 Å². The van der Waals surface area contributed by atoms with Crippen molar-refractivity contribution in [1.29, 1.82) is 0 Å². The van der Waals surface area contributed by atoms with Gasteiger partial charge in [0, 0.05) is 39.7 Å². The molecule has 1 aromatic heterocycles. The third kappa shape index (κ3) is 6.75. The monoisotopic (exact) mass is 405 g/mol. The van der Waals surface area contributed by atoms with Crippen LogP contribution in [0.1, 0.15) is 37.5 Å². The Morgan fingerprint density at radius 3 is 2.79 bits per heavy atom. The molecule has 0 aliphatic carbocycles. The highest BCUT2D eigenvalue weighted by atomic mass is 16.5. The van der Waals surface area contributed by atoms with Crippen molar-refractivity contribution in [2.75, 3.05) is 60.0 Å². The lowest BCUT2D eigenvalue weighted by Gasteiger charge is -2.33. The van der Waals surface area contributed by atoms with Gasteiger partial charge in [0.05, 0.1) is 18.9 Å². The number of likely N-dealkylation sites (N-methyl/N-ethyl adjacent to an activating group) is 1. The molecule has 29 heavy (non-hydrogen) atoms. The Morgan fingerprint density at radius 2 is 2.14 bits per heavy atom. The summed E-state index contributed by atoms with van der Waals surface area (Å²) in [5.74, 6) is 2.09. The number of hydrogen-bond acceptors (Lipinski definition) is 5. The zero-order valence-electron chi connectivity index (χ0n) is 17.7. The fourth-order valence-corrected chi connectivity index (χ4v) is 3.76. The molecule has 2 aliphatic heterocycles. The van der Waals surface area contributed by atoms with Gasteiger partial charge in [-0.2, -0.15) is 0 Å². The molecule has 0 aromatic carbocycles. The third-order valence-electron chi connectivity index (χ3n) is 5.62. The Morgan fingerprint density at radius 1 is 1.31 bits per heavy atom. The van der Waals surface area contributed by atoms with E-state index >= 15 is 0 Å². The van der Waals surface area contributed by atoms with Crippen LogP contribution in [0, 0.1) is 5.92 Å². The largest absolute Gasteiger partial charge is 0.468 e. The summed E-state index contributed by atoms with van der Waals surface area (Å²) in [4.78, 5) is 20.6. The van der Waals surface area contributed by atoms with Crippen LogP contribution in [-0.2, 0) is 9.53 Å². The first kappa shape index (κ1) is 21.6. The Kier molecular flexibility index (Phi) is 8.37. The minimum atomic E-state index is -0.0195. The lowest BCUT2D eigenvalue weighted by molar-refractivity contribution is -0.127. The maximum absolute atomic E-state index is 12.0. The normalized spacial score (nSPS) is 21.7. The minimum absolute atomic E-state index is 0.0195. The van der Waals surface area contributed by atoms with E-state index in [4.69, 9.17) is 9.15 Å². The number of likely N-dealkylation sites (tertiary alicyclic amines) is 1. The number of carbonyl (C=O) groups is 1. The zero-order chi connectivity index (χ0) is 20.5. The minimum Gasteiger partial charge on any atom is -0.468 e. The van der Waals surface area contributed by atoms with Gasteiger partial charge >= 0.3 is 0 Å². The molecule has 8 nitrogen and oxygen atoms in total. The summed E-state index contributed by atoms with van der Waals surface area (Å²) in [5, 5.41) is 6.85. The van der Waals surface area contributed by atoms with Gasteiger partial charge in [0.25, 0.3) is 0 Å². The second-order valence-corrected chi connectivity index (χ2v) is 8.07. The lowest BCUT2D eigenvalue weighted by Crippen LogP contribution is -2.46. The summed E-state index contributed by atoms with van der Waals surface area (Å²) < 4.78 is 11.2. The van der Waals surface area contributed by atoms with E-state index in [-0.39, 0.29) is 18.5 Å². The van der Waals surface area contributed by atoms with Crippen LogP contribution in [0.25, 0.3) is 0 Å². The molecular weight excluding hydrogens is 370 g/mol. The number of nitrogens with zero attached hydrogens (tertiary/aromatic N) is 3. The standard InChI is InChI=1S/C21H35N5O3/c1-25(2)20(27)15-24-21(22-13-17-8-12-28-16-17)23-14-18(19-7-6-11-29-19)26-9-4-3-5-10-26/h6-7,11,17-18H,3-5,8-10,12-16H2,1-2H3,(H2,22,23,24). The molecule has 2 saturated heterocycles. The quantitative estimate of drug-likeness (QED) is 0.503. The van der Waals surface area contributed by atoms with Crippen LogP contribution in [0.15, 0.2) is 27.8 Å². The Hall–Kier alpha value is -2.06. The molecule has 1 aromatic rings. The van der Waals surface area contributed by atoms with E-state index in [9.17, 15) is 4.79 Å². The maximum Gasteiger partial charge on any atom is 0.243 e. The number of hydrogen-bond donors (Lipinski definition) is 2. The lowest BCUT2D eigenvalue weighted by atomic mass is 10.1. The van der Waals surface area contributed by atoms with Crippen molar-refractivity contribution < 1.29 is 13.9 Å². The number of carbonyl (C=O) groups excluding carboxylic acids is 1. The predicted molar refractivity (Wildman–Crippen MR) is 113 cm³/mol. The second-order valence-electron chi connectivity index (χ2n) is 8.07. The first-order chi connectivity index (χ1) is 14.1. The molecule has 0 bridgehead atoms. The molecular formula is C21H35N5O3. The molecule has 2 aliphatic rings. The topological polar surface area (TPSA) is 82.3 Å². The summed E-state index contributed by atoms with van der Waals surface area (Å²) in [6, 6.07) is 4.13. The number of piperidine rings is 1. The van der Waals surface area contributed by atoms with Crippen LogP contribution >= 0.6 is 0 Å². The Balaban J connectivity index is 1.63. The van der Waals surface area contributed by atoms with Crippen molar-refractivity contribution in [3.63, 3.8) is 0 Å². The van der Waals surface area contributed by atoms with Crippen LogP contribution in [0.5, 0.6) is 0 Å². The number of furan rings is 1. The zero-order valence-corrected chi connectivity index (χ0v) is 17.7. The summed E-state index contributed by atoms with van der Waals surface area (Å²) in [5.41, 5.74) is 0. The molecule has 0 spiro atoms. The van der Waals surface area contributed by atoms with Gasteiger partial charge < -0.3 is 24.7 Å². The van der Waals surface area contributed by atoms with Crippen LogP contribution in [0.3, 0.4) is 0 Å². The molecule has 3 rings (SSSR count). The number of amides is 1. The summed E-state index contributed by atoms with van der Waals surface area (Å²) >= 11 is 0. The van der Waals surface area contributed by atoms with E-state index in [1.807, 2.05) is 12.1 Å². The van der Waals surface area contributed by atoms with Crippen molar-refractivity contribution in [3.05, 3.63) is 24.2 Å². The molecule has 162 valence electrons. The number of ether oxygens (including phenoxy) is 1. The molecule has 2 atom stereocenters. The summed E-state index contributed by atoms with van der Waals surface area (Å²) in [7, 11) is 3.50. The molecule has 0 radical (unpaired) electrons. The second kappa shape index (κ2) is 11.2. The van der Waals surface area contributed by atoms with Crippen molar-refractivity contribution >= 4 is 11.9 Å². The highest BCUT2D eigenvalue weighted by molar-refractivity contribution is 5.84. The SMILES string of the molecule is CN(C)C(=O)CN=C(NCC1CCOC1)NCC(c1ccco1)N1CCCCC1. The van der Waals surface area contributed by atoms with Crippen molar-refractivity contribution in [2.24, 2.45) is 10.9 Å². The molecule has 1 amide bonds. The van der Waals surface area contributed by atoms with Crippen LogP contribution in [0.2, 0.25) is 0 Å². The Labute approximate surface area is 173 Å². The first-order valence-electron chi connectivity index (χ1n) is 10.7. The average molecular weight is 406 g/mol. The number of guanidine groups is 1. The van der Waals surface area contributed by atoms with E-state index < -0.39 is 0 Å². The summed E-state index contributed by atoms with van der Waals surface area (Å²) in [6.45, 7) is 5.34. The molecule has 8 heteroatoms. The number of rotatable bonds is 8. The van der Waals surface area contributed by atoms with E-state index in [2.05, 4.69) is 20.5 Å². The number of aliphatic imine (C=N–C) groups is 1. The molecule has 3 heterocycles. The van der Waals surface area contributed by atoms with E-state index in [0.29, 0.717) is 18.4 Å². The fraction of sp³-hybridized carbons (Fsp3) is 0.714.